The summed E-state index contributed by atoms with van der Waals surface area (Å²) in [5, 5.41) is 4.97. The zero-order valence-electron chi connectivity index (χ0n) is 11.1. The molecule has 1 aliphatic carbocycles. The highest BCUT2D eigenvalue weighted by molar-refractivity contribution is 7.89. The Morgan fingerprint density at radius 2 is 1.95 bits per heavy atom. The van der Waals surface area contributed by atoms with E-state index < -0.39 is 38.0 Å². The van der Waals surface area contributed by atoms with Gasteiger partial charge in [0.2, 0.25) is 10.0 Å². The van der Waals surface area contributed by atoms with Crippen LogP contribution < -0.4 is 5.14 Å². The van der Waals surface area contributed by atoms with Gasteiger partial charge in [-0.1, -0.05) is 6.08 Å². The fraction of sp³-hybridized carbons (Fsp3) is 0.308. The Kier molecular flexibility index (Phi) is 4.11. The van der Waals surface area contributed by atoms with Crippen molar-refractivity contribution in [1.29, 1.82) is 0 Å². The average Bonchev–Trinajstić information content (AvgIpc) is 3.21. The van der Waals surface area contributed by atoms with Crippen LogP contribution in [0.1, 0.15) is 23.2 Å². The fourth-order valence-corrected chi connectivity index (χ4v) is 2.73. The van der Waals surface area contributed by atoms with Crippen LogP contribution in [0.5, 0.6) is 0 Å². The molecule has 2 N–H and O–H groups in total. The lowest BCUT2D eigenvalue weighted by Crippen LogP contribution is -2.34. The van der Waals surface area contributed by atoms with Crippen LogP contribution in [0.15, 0.2) is 29.7 Å². The molecule has 0 spiro atoms. The molecule has 0 radical (unpaired) electrons. The number of sulfonamides is 1. The maximum Gasteiger partial charge on any atom is 0.255 e. The summed E-state index contributed by atoms with van der Waals surface area (Å²) in [4.78, 5) is 13.1. The second-order valence-electron chi connectivity index (χ2n) is 4.78. The number of carbonyl (C=O) groups is 1. The Morgan fingerprint density at radius 1 is 1.38 bits per heavy atom. The van der Waals surface area contributed by atoms with Crippen LogP contribution in [0, 0.1) is 11.6 Å². The summed E-state index contributed by atoms with van der Waals surface area (Å²) < 4.78 is 49.6. The number of rotatable bonds is 5. The SMILES string of the molecule is C=CCN(C(=O)c1cc(F)c(F)cc1S(N)(=O)=O)C1CC1. The molecule has 0 saturated heterocycles. The third-order valence-corrected chi connectivity index (χ3v) is 4.08. The van der Waals surface area contributed by atoms with E-state index >= 15 is 0 Å². The van der Waals surface area contributed by atoms with Gasteiger partial charge in [-0.05, 0) is 25.0 Å². The van der Waals surface area contributed by atoms with Gasteiger partial charge < -0.3 is 4.90 Å². The predicted octanol–water partition coefficient (Wildman–Crippen LogP) is 1.40. The van der Waals surface area contributed by atoms with Gasteiger partial charge in [-0.2, -0.15) is 0 Å². The van der Waals surface area contributed by atoms with Crippen LogP contribution in [-0.2, 0) is 10.0 Å². The number of halogens is 2. The maximum absolute atomic E-state index is 13.4. The molecule has 5 nitrogen and oxygen atoms in total. The highest BCUT2D eigenvalue weighted by Gasteiger charge is 2.34. The molecule has 1 aliphatic rings. The first-order valence-corrected chi connectivity index (χ1v) is 7.74. The molecule has 2 rings (SSSR count). The zero-order valence-corrected chi connectivity index (χ0v) is 11.9. The van der Waals surface area contributed by atoms with E-state index in [2.05, 4.69) is 6.58 Å². The van der Waals surface area contributed by atoms with Crippen LogP contribution in [0.3, 0.4) is 0 Å². The molecule has 0 aliphatic heterocycles. The topological polar surface area (TPSA) is 80.5 Å². The minimum Gasteiger partial charge on any atom is -0.332 e. The molecule has 21 heavy (non-hydrogen) atoms. The number of amides is 1. The van der Waals surface area contributed by atoms with Crippen molar-refractivity contribution in [3.8, 4) is 0 Å². The van der Waals surface area contributed by atoms with Gasteiger partial charge in [-0.15, -0.1) is 6.58 Å². The lowest BCUT2D eigenvalue weighted by atomic mass is 10.1. The fourth-order valence-electron chi connectivity index (χ4n) is 2.01. The molecule has 1 amide bonds. The lowest BCUT2D eigenvalue weighted by Gasteiger charge is -2.21. The van der Waals surface area contributed by atoms with E-state index in [1.54, 1.807) is 0 Å². The van der Waals surface area contributed by atoms with E-state index in [0.29, 0.717) is 12.1 Å². The van der Waals surface area contributed by atoms with Gasteiger partial charge in [-0.3, -0.25) is 4.79 Å². The summed E-state index contributed by atoms with van der Waals surface area (Å²) in [5.74, 6) is -3.39. The molecule has 1 saturated carbocycles. The van der Waals surface area contributed by atoms with Gasteiger partial charge in [0.1, 0.15) is 0 Å². The number of nitrogens with zero attached hydrogens (tertiary/aromatic N) is 1. The summed E-state index contributed by atoms with van der Waals surface area (Å²) in [7, 11) is -4.35. The van der Waals surface area contributed by atoms with Crippen molar-refractivity contribution in [2.75, 3.05) is 6.54 Å². The zero-order chi connectivity index (χ0) is 15.8. The number of primary sulfonamides is 1. The molecular weight excluding hydrogens is 302 g/mol. The quantitative estimate of drug-likeness (QED) is 0.834. The molecule has 0 bridgehead atoms. The van der Waals surface area contributed by atoms with Crippen molar-refractivity contribution in [1.82, 2.24) is 4.90 Å². The average molecular weight is 316 g/mol. The van der Waals surface area contributed by atoms with Crippen LogP contribution in [0.2, 0.25) is 0 Å². The Hall–Kier alpha value is -1.80. The van der Waals surface area contributed by atoms with Gasteiger partial charge in [0.05, 0.1) is 10.5 Å². The number of hydrogen-bond acceptors (Lipinski definition) is 3. The molecule has 1 aromatic rings. The molecule has 1 fully saturated rings. The normalized spacial score (nSPS) is 14.8. The van der Waals surface area contributed by atoms with Crippen LogP contribution in [0.4, 0.5) is 8.78 Å². The molecular formula is C13H14F2N2O3S. The van der Waals surface area contributed by atoms with Crippen LogP contribution in [0.25, 0.3) is 0 Å². The van der Waals surface area contributed by atoms with Gasteiger partial charge >= 0.3 is 0 Å². The number of carbonyl (C=O) groups excluding carboxylic acids is 1. The first-order valence-electron chi connectivity index (χ1n) is 6.19. The lowest BCUT2D eigenvalue weighted by molar-refractivity contribution is 0.0758. The third kappa shape index (κ3) is 3.27. The second kappa shape index (κ2) is 5.53. The van der Waals surface area contributed by atoms with Crippen LogP contribution >= 0.6 is 0 Å². The Morgan fingerprint density at radius 3 is 2.43 bits per heavy atom. The van der Waals surface area contributed by atoms with Crippen molar-refractivity contribution >= 4 is 15.9 Å². The molecule has 0 atom stereocenters. The number of hydrogen-bond donors (Lipinski definition) is 1. The van der Waals surface area contributed by atoms with Gasteiger partial charge in [0.15, 0.2) is 11.6 Å². The highest BCUT2D eigenvalue weighted by Crippen LogP contribution is 2.30. The number of benzene rings is 1. The van der Waals surface area contributed by atoms with Crippen molar-refractivity contribution in [2.45, 2.75) is 23.8 Å². The minimum atomic E-state index is -4.35. The van der Waals surface area contributed by atoms with Crippen molar-refractivity contribution in [3.63, 3.8) is 0 Å². The van der Waals surface area contributed by atoms with E-state index in [-0.39, 0.29) is 12.6 Å². The first kappa shape index (κ1) is 15.6. The maximum atomic E-state index is 13.4. The largest absolute Gasteiger partial charge is 0.332 e. The molecule has 1 aromatic carbocycles. The van der Waals surface area contributed by atoms with Crippen molar-refractivity contribution in [3.05, 3.63) is 42.0 Å². The molecule has 0 aromatic heterocycles. The smallest absolute Gasteiger partial charge is 0.255 e. The van der Waals surface area contributed by atoms with E-state index in [4.69, 9.17) is 5.14 Å². The summed E-state index contributed by atoms with van der Waals surface area (Å²) in [6.07, 6.45) is 3.02. The summed E-state index contributed by atoms with van der Waals surface area (Å²) >= 11 is 0. The summed E-state index contributed by atoms with van der Waals surface area (Å²) in [6.45, 7) is 3.71. The number of nitrogens with two attached hydrogens (primary N) is 1. The molecule has 0 unspecified atom stereocenters. The predicted molar refractivity (Wildman–Crippen MR) is 72.0 cm³/mol. The monoisotopic (exact) mass is 316 g/mol. The molecule has 8 heteroatoms. The van der Waals surface area contributed by atoms with Gasteiger partial charge in [0.25, 0.3) is 5.91 Å². The Labute approximate surface area is 121 Å². The molecule has 0 heterocycles. The van der Waals surface area contributed by atoms with Crippen molar-refractivity contribution < 1.29 is 22.0 Å². The Balaban J connectivity index is 2.53. The summed E-state index contributed by atoms with van der Waals surface area (Å²) in [5.41, 5.74) is -0.467. The first-order chi connectivity index (χ1) is 9.75. The van der Waals surface area contributed by atoms with E-state index in [1.165, 1.54) is 11.0 Å². The Bertz CT molecular complexity index is 700. The highest BCUT2D eigenvalue weighted by atomic mass is 32.2. The van der Waals surface area contributed by atoms with Crippen LogP contribution in [-0.4, -0.2) is 31.8 Å². The van der Waals surface area contributed by atoms with E-state index in [9.17, 15) is 22.0 Å². The minimum absolute atomic E-state index is 0.0445. The molecule has 114 valence electrons. The van der Waals surface area contributed by atoms with Gasteiger partial charge in [0, 0.05) is 12.6 Å². The summed E-state index contributed by atoms with van der Waals surface area (Å²) in [6, 6.07) is 0.948. The van der Waals surface area contributed by atoms with Crippen molar-refractivity contribution in [2.24, 2.45) is 5.14 Å². The second-order valence-corrected chi connectivity index (χ2v) is 6.31. The van der Waals surface area contributed by atoms with E-state index in [1.807, 2.05) is 0 Å². The van der Waals surface area contributed by atoms with Gasteiger partial charge in [-0.25, -0.2) is 22.3 Å². The standard InChI is InChI=1S/C13H14F2N2O3S/c1-2-5-17(8-3-4-8)13(18)9-6-10(14)11(15)7-12(9)21(16,19)20/h2,6-8H,1,3-5H2,(H2,16,19,20). The third-order valence-electron chi connectivity index (χ3n) is 3.13. The van der Waals surface area contributed by atoms with E-state index in [0.717, 1.165) is 12.8 Å².